The summed E-state index contributed by atoms with van der Waals surface area (Å²) >= 11 is 5.86. The van der Waals surface area contributed by atoms with Crippen molar-refractivity contribution in [2.24, 2.45) is 0 Å². The zero-order chi connectivity index (χ0) is 19.4. The highest BCUT2D eigenvalue weighted by Gasteiger charge is 2.22. The molecule has 1 aromatic heterocycles. The molecule has 0 radical (unpaired) electrons. The first-order valence-corrected chi connectivity index (χ1v) is 9.25. The highest BCUT2D eigenvalue weighted by atomic mass is 35.5. The molecule has 1 saturated heterocycles. The average Bonchev–Trinajstić information content (AvgIpc) is 2.64. The molecular formula is C20H22ClN5O. The van der Waals surface area contributed by atoms with Crippen LogP contribution >= 0.6 is 11.6 Å². The van der Waals surface area contributed by atoms with Gasteiger partial charge in [-0.3, -0.25) is 14.7 Å². The van der Waals surface area contributed by atoms with E-state index < -0.39 is 0 Å². The van der Waals surface area contributed by atoms with Crippen LogP contribution in [0.4, 0.5) is 11.4 Å². The van der Waals surface area contributed by atoms with Gasteiger partial charge in [-0.1, -0.05) is 11.6 Å². The van der Waals surface area contributed by atoms with Gasteiger partial charge in [0.15, 0.2) is 0 Å². The Bertz CT molecular complexity index is 867. The number of pyridine rings is 1. The number of rotatable bonds is 4. The van der Waals surface area contributed by atoms with Crippen LogP contribution in [0.3, 0.4) is 0 Å². The number of aromatic nitrogens is 1. The Kier molecular flexibility index (Phi) is 5.94. The van der Waals surface area contributed by atoms with E-state index in [1.54, 1.807) is 24.3 Å². The van der Waals surface area contributed by atoms with Gasteiger partial charge in [-0.2, -0.15) is 5.26 Å². The maximum absolute atomic E-state index is 12.3. The van der Waals surface area contributed by atoms with E-state index in [0.717, 1.165) is 48.9 Å². The maximum atomic E-state index is 12.3. The molecule has 6 nitrogen and oxygen atoms in total. The lowest BCUT2D eigenvalue weighted by atomic mass is 10.1. The number of amides is 1. The van der Waals surface area contributed by atoms with Gasteiger partial charge in [0.2, 0.25) is 5.91 Å². The topological polar surface area (TPSA) is 72.3 Å². The number of aryl methyl sites for hydroxylation is 2. The van der Waals surface area contributed by atoms with Gasteiger partial charge in [-0.05, 0) is 44.2 Å². The van der Waals surface area contributed by atoms with Gasteiger partial charge in [0.05, 0.1) is 23.5 Å². The molecule has 7 heteroatoms. The molecule has 2 heterocycles. The Labute approximate surface area is 164 Å². The summed E-state index contributed by atoms with van der Waals surface area (Å²) in [6.07, 6.45) is 0. The third-order valence-electron chi connectivity index (χ3n) is 4.63. The minimum atomic E-state index is -0.0425. The molecule has 140 valence electrons. The Hall–Kier alpha value is -2.62. The van der Waals surface area contributed by atoms with Gasteiger partial charge in [0, 0.05) is 42.6 Å². The molecule has 0 atom stereocenters. The van der Waals surface area contributed by atoms with Gasteiger partial charge in [-0.25, -0.2) is 0 Å². The summed E-state index contributed by atoms with van der Waals surface area (Å²) in [5.41, 5.74) is 3.98. The van der Waals surface area contributed by atoms with Crippen molar-refractivity contribution < 1.29 is 4.79 Å². The van der Waals surface area contributed by atoms with Crippen LogP contribution in [0.5, 0.6) is 0 Å². The molecule has 1 amide bonds. The van der Waals surface area contributed by atoms with Crippen molar-refractivity contribution in [2.75, 3.05) is 42.9 Å². The van der Waals surface area contributed by atoms with Crippen molar-refractivity contribution in [1.82, 2.24) is 9.88 Å². The third-order valence-corrected chi connectivity index (χ3v) is 4.88. The average molecular weight is 384 g/mol. The summed E-state index contributed by atoms with van der Waals surface area (Å²) in [5.74, 6) is -0.0425. The molecule has 1 aliphatic rings. The molecule has 0 aliphatic carbocycles. The molecule has 0 spiro atoms. The summed E-state index contributed by atoms with van der Waals surface area (Å²) in [5, 5.41) is 13.0. The number of nitrogens with zero attached hydrogens (tertiary/aromatic N) is 4. The number of benzene rings is 1. The fourth-order valence-electron chi connectivity index (χ4n) is 3.28. The molecule has 1 fully saturated rings. The number of hydrogen-bond acceptors (Lipinski definition) is 5. The number of nitriles is 1. The van der Waals surface area contributed by atoms with E-state index in [4.69, 9.17) is 11.6 Å². The molecule has 27 heavy (non-hydrogen) atoms. The summed E-state index contributed by atoms with van der Waals surface area (Å²) in [7, 11) is 0. The molecular weight excluding hydrogens is 362 g/mol. The second-order valence-electron chi connectivity index (χ2n) is 6.67. The quantitative estimate of drug-likeness (QED) is 0.878. The number of carbonyl (C=O) groups excluding carboxylic acids is 1. The molecule has 1 aromatic carbocycles. The van der Waals surface area contributed by atoms with E-state index in [0.29, 0.717) is 17.1 Å². The van der Waals surface area contributed by atoms with Crippen LogP contribution in [0.15, 0.2) is 30.3 Å². The van der Waals surface area contributed by atoms with Gasteiger partial charge >= 0.3 is 0 Å². The zero-order valence-corrected chi connectivity index (χ0v) is 16.3. The molecule has 3 rings (SSSR count). The van der Waals surface area contributed by atoms with E-state index in [1.165, 1.54) is 0 Å². The minimum Gasteiger partial charge on any atom is -0.368 e. The highest BCUT2D eigenvalue weighted by molar-refractivity contribution is 6.30. The Morgan fingerprint density at radius 3 is 2.52 bits per heavy atom. The number of anilines is 2. The number of carbonyl (C=O) groups is 1. The van der Waals surface area contributed by atoms with Crippen molar-refractivity contribution in [1.29, 1.82) is 5.26 Å². The Morgan fingerprint density at radius 1 is 1.22 bits per heavy atom. The summed E-state index contributed by atoms with van der Waals surface area (Å²) in [6, 6.07) is 11.3. The highest BCUT2D eigenvalue weighted by Crippen LogP contribution is 2.24. The molecule has 0 bridgehead atoms. The van der Waals surface area contributed by atoms with Crippen molar-refractivity contribution in [3.8, 4) is 6.07 Å². The van der Waals surface area contributed by atoms with E-state index in [9.17, 15) is 10.1 Å². The Morgan fingerprint density at radius 2 is 1.89 bits per heavy atom. The van der Waals surface area contributed by atoms with Gasteiger partial charge < -0.3 is 10.2 Å². The van der Waals surface area contributed by atoms with Crippen LogP contribution in [-0.4, -0.2) is 48.5 Å². The number of nitrogens with one attached hydrogen (secondary N) is 1. The number of piperazine rings is 1. The Balaban J connectivity index is 1.57. The SMILES string of the molecule is Cc1cc(N2CCN(CC(=O)Nc3ccc(Cl)cc3)CC2)c(C#N)c(C)n1. The zero-order valence-electron chi connectivity index (χ0n) is 15.5. The van der Waals surface area contributed by atoms with Crippen LogP contribution in [0.2, 0.25) is 5.02 Å². The van der Waals surface area contributed by atoms with Crippen LogP contribution in [0, 0.1) is 25.2 Å². The predicted octanol–water partition coefficient (Wildman–Crippen LogP) is 2.98. The number of hydrogen-bond donors (Lipinski definition) is 1. The van der Waals surface area contributed by atoms with Crippen LogP contribution < -0.4 is 10.2 Å². The second kappa shape index (κ2) is 8.38. The van der Waals surface area contributed by atoms with Crippen molar-refractivity contribution in [3.63, 3.8) is 0 Å². The molecule has 0 unspecified atom stereocenters. The monoisotopic (exact) mass is 383 g/mol. The maximum Gasteiger partial charge on any atom is 0.238 e. The fourth-order valence-corrected chi connectivity index (χ4v) is 3.41. The lowest BCUT2D eigenvalue weighted by Gasteiger charge is -2.36. The van der Waals surface area contributed by atoms with Crippen LogP contribution in [-0.2, 0) is 4.79 Å². The van der Waals surface area contributed by atoms with Gasteiger partial charge in [0.25, 0.3) is 0 Å². The minimum absolute atomic E-state index is 0.0425. The van der Waals surface area contributed by atoms with E-state index in [-0.39, 0.29) is 5.91 Å². The molecule has 1 N–H and O–H groups in total. The molecule has 1 aliphatic heterocycles. The first-order valence-electron chi connectivity index (χ1n) is 8.87. The largest absolute Gasteiger partial charge is 0.368 e. The van der Waals surface area contributed by atoms with E-state index in [1.807, 2.05) is 19.9 Å². The van der Waals surface area contributed by atoms with E-state index >= 15 is 0 Å². The van der Waals surface area contributed by atoms with Gasteiger partial charge in [-0.15, -0.1) is 0 Å². The smallest absolute Gasteiger partial charge is 0.238 e. The fraction of sp³-hybridized carbons (Fsp3) is 0.350. The van der Waals surface area contributed by atoms with Crippen LogP contribution in [0.1, 0.15) is 17.0 Å². The first-order chi connectivity index (χ1) is 13.0. The standard InChI is InChI=1S/C20H22ClN5O/c1-14-11-19(18(12-22)15(2)23-14)26-9-7-25(8-10-26)13-20(27)24-17-5-3-16(21)4-6-17/h3-6,11H,7-10,13H2,1-2H3,(H,24,27). The second-order valence-corrected chi connectivity index (χ2v) is 7.11. The lowest BCUT2D eigenvalue weighted by molar-refractivity contribution is -0.117. The van der Waals surface area contributed by atoms with Crippen molar-refractivity contribution in [3.05, 3.63) is 52.3 Å². The van der Waals surface area contributed by atoms with E-state index in [2.05, 4.69) is 26.2 Å². The summed E-state index contributed by atoms with van der Waals surface area (Å²) < 4.78 is 0. The summed E-state index contributed by atoms with van der Waals surface area (Å²) in [6.45, 7) is 7.22. The normalized spacial score (nSPS) is 14.7. The third kappa shape index (κ3) is 4.76. The van der Waals surface area contributed by atoms with Crippen molar-refractivity contribution >= 4 is 28.9 Å². The first kappa shape index (κ1) is 19.2. The predicted molar refractivity (Wildman–Crippen MR) is 107 cm³/mol. The van der Waals surface area contributed by atoms with Crippen molar-refractivity contribution in [2.45, 2.75) is 13.8 Å². The van der Waals surface area contributed by atoms with Crippen LogP contribution in [0.25, 0.3) is 0 Å². The van der Waals surface area contributed by atoms with Gasteiger partial charge in [0.1, 0.15) is 6.07 Å². The molecule has 2 aromatic rings. The molecule has 0 saturated carbocycles. The lowest BCUT2D eigenvalue weighted by Crippen LogP contribution is -2.49. The summed E-state index contributed by atoms with van der Waals surface area (Å²) in [4.78, 5) is 21.0. The number of halogens is 1.